The fourth-order valence-electron chi connectivity index (χ4n) is 1.55. The van der Waals surface area contributed by atoms with E-state index >= 15 is 0 Å². The Morgan fingerprint density at radius 1 is 1.28 bits per heavy atom. The molecule has 0 aliphatic rings. The number of anilines is 1. The molecule has 0 bridgehead atoms. The summed E-state index contributed by atoms with van der Waals surface area (Å²) in [5.74, 6) is 1.85. The van der Waals surface area contributed by atoms with Crippen molar-refractivity contribution in [2.45, 2.75) is 20.0 Å². The fraction of sp³-hybridized carbons (Fsp3) is 0.308. The van der Waals surface area contributed by atoms with E-state index in [1.165, 1.54) is 0 Å². The van der Waals surface area contributed by atoms with Gasteiger partial charge in [0, 0.05) is 7.05 Å². The molecule has 0 atom stereocenters. The predicted molar refractivity (Wildman–Crippen MR) is 69.9 cm³/mol. The molecular weight excluding hydrogens is 230 g/mol. The first-order valence-corrected chi connectivity index (χ1v) is 5.78. The lowest BCUT2D eigenvalue weighted by Gasteiger charge is -2.14. The topological polar surface area (TPSA) is 62.3 Å². The Morgan fingerprint density at radius 2 is 2.00 bits per heavy atom. The van der Waals surface area contributed by atoms with Gasteiger partial charge < -0.3 is 15.2 Å². The van der Waals surface area contributed by atoms with Gasteiger partial charge in [-0.1, -0.05) is 6.07 Å². The smallest absolute Gasteiger partial charge is 0.165 e. The molecule has 18 heavy (non-hydrogen) atoms. The quantitative estimate of drug-likeness (QED) is 0.843. The minimum absolute atomic E-state index is 0.0703. The molecule has 0 saturated heterocycles. The van der Waals surface area contributed by atoms with Crippen LogP contribution in [0, 0.1) is 0 Å². The summed E-state index contributed by atoms with van der Waals surface area (Å²) in [6, 6.07) is 5.47. The Morgan fingerprint density at radius 3 is 2.61 bits per heavy atom. The van der Waals surface area contributed by atoms with Gasteiger partial charge in [0.05, 0.1) is 18.5 Å². The van der Waals surface area contributed by atoms with Gasteiger partial charge in [-0.15, -0.1) is 0 Å². The van der Waals surface area contributed by atoms with Crippen LogP contribution < -0.4 is 15.2 Å². The summed E-state index contributed by atoms with van der Waals surface area (Å²) in [4.78, 5) is 0. The molecule has 0 unspecified atom stereocenters. The minimum atomic E-state index is 0.0703. The zero-order valence-corrected chi connectivity index (χ0v) is 10.8. The number of aryl methyl sites for hydroxylation is 1. The number of rotatable bonds is 4. The van der Waals surface area contributed by atoms with Crippen molar-refractivity contribution in [2.75, 3.05) is 5.73 Å². The number of hydrogen-bond donors (Lipinski definition) is 1. The molecule has 96 valence electrons. The van der Waals surface area contributed by atoms with Crippen LogP contribution in [0.2, 0.25) is 0 Å². The SMILES string of the molecule is CC(C)Oc1cccc(Oc2cnn(C)c2)c1N. The molecule has 1 aromatic carbocycles. The monoisotopic (exact) mass is 247 g/mol. The molecule has 0 fully saturated rings. The van der Waals surface area contributed by atoms with E-state index in [1.807, 2.05) is 33.0 Å². The Balaban J connectivity index is 2.23. The van der Waals surface area contributed by atoms with E-state index < -0.39 is 0 Å². The Hall–Kier alpha value is -2.17. The average molecular weight is 247 g/mol. The highest BCUT2D eigenvalue weighted by Gasteiger charge is 2.10. The van der Waals surface area contributed by atoms with Crippen LogP contribution in [0.3, 0.4) is 0 Å². The number of nitrogens with zero attached hydrogens (tertiary/aromatic N) is 2. The van der Waals surface area contributed by atoms with Crippen molar-refractivity contribution in [2.24, 2.45) is 7.05 Å². The first-order chi connectivity index (χ1) is 8.56. The van der Waals surface area contributed by atoms with Gasteiger partial charge in [0.15, 0.2) is 11.5 Å². The number of nitrogens with two attached hydrogens (primary N) is 1. The molecule has 0 radical (unpaired) electrons. The summed E-state index contributed by atoms with van der Waals surface area (Å²) in [5, 5.41) is 4.03. The second-order valence-electron chi connectivity index (χ2n) is 4.29. The van der Waals surface area contributed by atoms with Crippen molar-refractivity contribution in [3.8, 4) is 17.2 Å². The summed E-state index contributed by atoms with van der Waals surface area (Å²) in [6.45, 7) is 3.90. The molecule has 2 rings (SSSR count). The summed E-state index contributed by atoms with van der Waals surface area (Å²) < 4.78 is 12.9. The summed E-state index contributed by atoms with van der Waals surface area (Å²) in [6.07, 6.45) is 3.48. The van der Waals surface area contributed by atoms with Crippen LogP contribution in [0.1, 0.15) is 13.8 Å². The van der Waals surface area contributed by atoms with Crippen LogP contribution in [-0.4, -0.2) is 15.9 Å². The fourth-order valence-corrected chi connectivity index (χ4v) is 1.55. The van der Waals surface area contributed by atoms with Crippen molar-refractivity contribution < 1.29 is 9.47 Å². The van der Waals surface area contributed by atoms with E-state index in [0.717, 1.165) is 0 Å². The van der Waals surface area contributed by atoms with E-state index in [0.29, 0.717) is 22.9 Å². The molecule has 0 spiro atoms. The third-order valence-electron chi connectivity index (χ3n) is 2.30. The molecule has 5 nitrogen and oxygen atoms in total. The molecule has 1 heterocycles. The standard InChI is InChI=1S/C13H17N3O2/c1-9(2)17-11-5-4-6-12(13(11)14)18-10-7-15-16(3)8-10/h4-9H,14H2,1-3H3. The number of benzene rings is 1. The van der Waals surface area contributed by atoms with E-state index in [1.54, 1.807) is 23.1 Å². The van der Waals surface area contributed by atoms with Crippen LogP contribution in [-0.2, 0) is 7.05 Å². The van der Waals surface area contributed by atoms with E-state index in [9.17, 15) is 0 Å². The highest BCUT2D eigenvalue weighted by Crippen LogP contribution is 2.34. The van der Waals surface area contributed by atoms with Gasteiger partial charge in [-0.3, -0.25) is 4.68 Å². The van der Waals surface area contributed by atoms with Gasteiger partial charge in [0.2, 0.25) is 0 Å². The second kappa shape index (κ2) is 5.00. The molecule has 2 N–H and O–H groups in total. The Labute approximate surface area is 106 Å². The average Bonchev–Trinajstić information content (AvgIpc) is 2.69. The molecule has 0 aliphatic carbocycles. The first kappa shape index (κ1) is 12.3. The van der Waals surface area contributed by atoms with E-state index in [4.69, 9.17) is 15.2 Å². The highest BCUT2D eigenvalue weighted by molar-refractivity contribution is 5.63. The van der Waals surface area contributed by atoms with Gasteiger partial charge in [0.1, 0.15) is 11.4 Å². The highest BCUT2D eigenvalue weighted by atomic mass is 16.5. The van der Waals surface area contributed by atoms with Crippen LogP contribution >= 0.6 is 0 Å². The number of aromatic nitrogens is 2. The van der Waals surface area contributed by atoms with Crippen LogP contribution in [0.4, 0.5) is 5.69 Å². The number of nitrogen functional groups attached to an aromatic ring is 1. The summed E-state index contributed by atoms with van der Waals surface area (Å²) in [7, 11) is 1.83. The molecular formula is C13H17N3O2. The van der Waals surface area contributed by atoms with E-state index in [-0.39, 0.29) is 6.10 Å². The predicted octanol–water partition coefficient (Wildman–Crippen LogP) is 2.58. The van der Waals surface area contributed by atoms with Crippen molar-refractivity contribution in [1.29, 1.82) is 0 Å². The van der Waals surface area contributed by atoms with Crippen LogP contribution in [0.25, 0.3) is 0 Å². The lowest BCUT2D eigenvalue weighted by Crippen LogP contribution is -2.07. The normalized spacial score (nSPS) is 10.7. The molecule has 0 aliphatic heterocycles. The zero-order chi connectivity index (χ0) is 13.1. The third kappa shape index (κ3) is 2.74. The molecule has 2 aromatic rings. The second-order valence-corrected chi connectivity index (χ2v) is 4.29. The Bertz CT molecular complexity index is 535. The maximum atomic E-state index is 6.01. The summed E-state index contributed by atoms with van der Waals surface area (Å²) in [5.41, 5.74) is 6.50. The maximum Gasteiger partial charge on any atom is 0.165 e. The van der Waals surface area contributed by atoms with Crippen LogP contribution in [0.15, 0.2) is 30.6 Å². The molecule has 0 amide bonds. The lowest BCUT2D eigenvalue weighted by molar-refractivity contribution is 0.243. The Kier molecular flexibility index (Phi) is 3.41. The van der Waals surface area contributed by atoms with Crippen molar-refractivity contribution >= 4 is 5.69 Å². The zero-order valence-electron chi connectivity index (χ0n) is 10.8. The molecule has 5 heteroatoms. The van der Waals surface area contributed by atoms with Gasteiger partial charge in [-0.05, 0) is 26.0 Å². The maximum absolute atomic E-state index is 6.01. The van der Waals surface area contributed by atoms with E-state index in [2.05, 4.69) is 5.10 Å². The lowest BCUT2D eigenvalue weighted by atomic mass is 10.2. The van der Waals surface area contributed by atoms with Gasteiger partial charge in [-0.2, -0.15) is 5.10 Å². The number of hydrogen-bond acceptors (Lipinski definition) is 4. The van der Waals surface area contributed by atoms with Crippen molar-refractivity contribution in [3.05, 3.63) is 30.6 Å². The van der Waals surface area contributed by atoms with Crippen molar-refractivity contribution in [1.82, 2.24) is 9.78 Å². The first-order valence-electron chi connectivity index (χ1n) is 5.78. The third-order valence-corrected chi connectivity index (χ3v) is 2.30. The minimum Gasteiger partial charge on any atom is -0.489 e. The summed E-state index contributed by atoms with van der Waals surface area (Å²) >= 11 is 0. The number of ether oxygens (including phenoxy) is 2. The largest absolute Gasteiger partial charge is 0.489 e. The molecule has 0 saturated carbocycles. The molecule has 1 aromatic heterocycles. The van der Waals surface area contributed by atoms with Gasteiger partial charge in [0.25, 0.3) is 0 Å². The van der Waals surface area contributed by atoms with Crippen LogP contribution in [0.5, 0.6) is 17.2 Å². The number of para-hydroxylation sites is 1. The van der Waals surface area contributed by atoms with Gasteiger partial charge >= 0.3 is 0 Å². The van der Waals surface area contributed by atoms with Gasteiger partial charge in [-0.25, -0.2) is 0 Å². The van der Waals surface area contributed by atoms with Crippen molar-refractivity contribution in [3.63, 3.8) is 0 Å².